The number of nitrogen functional groups attached to an aromatic ring is 1. The predicted molar refractivity (Wildman–Crippen MR) is 84.0 cm³/mol. The second-order valence-corrected chi connectivity index (χ2v) is 6.77. The Labute approximate surface area is 131 Å². The molecule has 0 bridgehead atoms. The molecular formula is C11H9N5O2S3. The summed E-state index contributed by atoms with van der Waals surface area (Å²) in [6, 6.07) is 5.41. The monoisotopic (exact) mass is 339 g/mol. The number of nitrogens with zero attached hydrogens (tertiary/aromatic N) is 4. The molecule has 21 heavy (non-hydrogen) atoms. The molecule has 2 N–H and O–H groups in total. The lowest BCUT2D eigenvalue weighted by molar-refractivity contribution is -0.380. The maximum Gasteiger partial charge on any atom is 0.324 e. The number of thioether (sulfide) groups is 1. The maximum absolute atomic E-state index is 10.6. The predicted octanol–water partition coefficient (Wildman–Crippen LogP) is 2.98. The quantitative estimate of drug-likeness (QED) is 0.332. The molecule has 0 aromatic carbocycles. The van der Waals surface area contributed by atoms with Crippen LogP contribution in [0.5, 0.6) is 0 Å². The fraction of sp³-hybridized carbons (Fsp3) is 0.0909. The van der Waals surface area contributed by atoms with E-state index in [2.05, 4.69) is 10.2 Å². The van der Waals surface area contributed by atoms with Crippen molar-refractivity contribution in [3.8, 4) is 10.7 Å². The van der Waals surface area contributed by atoms with E-state index < -0.39 is 0 Å². The van der Waals surface area contributed by atoms with Crippen molar-refractivity contribution in [3.05, 3.63) is 44.6 Å². The third kappa shape index (κ3) is 2.91. The van der Waals surface area contributed by atoms with E-state index in [0.29, 0.717) is 16.7 Å². The zero-order chi connectivity index (χ0) is 14.8. The standard InChI is InChI=1S/C11H9N5O2S3/c12-15-10(8-2-1-3-19-8)13-14-11(15)21-6-7-4-9(16(17)18)20-5-7/h1-5H,6,12H2. The number of thiophene rings is 2. The first kappa shape index (κ1) is 14.0. The lowest BCUT2D eigenvalue weighted by Gasteiger charge is -2.01. The number of aromatic nitrogens is 3. The first-order chi connectivity index (χ1) is 10.1. The highest BCUT2D eigenvalue weighted by Gasteiger charge is 2.14. The minimum Gasteiger partial charge on any atom is -0.335 e. The van der Waals surface area contributed by atoms with E-state index in [-0.39, 0.29) is 9.92 Å². The fourth-order valence-electron chi connectivity index (χ4n) is 1.63. The van der Waals surface area contributed by atoms with E-state index in [1.54, 1.807) is 11.4 Å². The van der Waals surface area contributed by atoms with E-state index in [1.165, 1.54) is 27.8 Å². The van der Waals surface area contributed by atoms with Gasteiger partial charge in [-0.1, -0.05) is 29.2 Å². The summed E-state index contributed by atoms with van der Waals surface area (Å²) >= 11 is 4.05. The molecule has 3 aromatic rings. The van der Waals surface area contributed by atoms with Crippen molar-refractivity contribution >= 4 is 39.4 Å². The molecule has 0 fully saturated rings. The van der Waals surface area contributed by atoms with Gasteiger partial charge in [0.25, 0.3) is 0 Å². The summed E-state index contributed by atoms with van der Waals surface area (Å²) < 4.78 is 1.44. The first-order valence-electron chi connectivity index (χ1n) is 5.74. The maximum atomic E-state index is 10.6. The molecule has 0 amide bonds. The molecule has 0 saturated heterocycles. The zero-order valence-corrected chi connectivity index (χ0v) is 13.0. The molecule has 0 unspecified atom stereocenters. The van der Waals surface area contributed by atoms with Crippen LogP contribution in [0.15, 0.2) is 34.1 Å². The highest BCUT2D eigenvalue weighted by atomic mass is 32.2. The highest BCUT2D eigenvalue weighted by Crippen LogP contribution is 2.29. The van der Waals surface area contributed by atoms with Gasteiger partial charge in [-0.05, 0) is 17.0 Å². The van der Waals surface area contributed by atoms with Gasteiger partial charge in [0.2, 0.25) is 5.16 Å². The number of nitrogens with two attached hydrogens (primary N) is 1. The molecule has 3 heterocycles. The van der Waals surface area contributed by atoms with Crippen LogP contribution in [-0.4, -0.2) is 19.8 Å². The molecule has 10 heteroatoms. The van der Waals surface area contributed by atoms with Crippen LogP contribution in [0.2, 0.25) is 0 Å². The fourth-order valence-corrected chi connectivity index (χ4v) is 3.96. The summed E-state index contributed by atoms with van der Waals surface area (Å²) in [4.78, 5) is 11.2. The average molecular weight is 339 g/mol. The first-order valence-corrected chi connectivity index (χ1v) is 8.48. The Morgan fingerprint density at radius 3 is 2.95 bits per heavy atom. The molecular weight excluding hydrogens is 330 g/mol. The van der Waals surface area contributed by atoms with Gasteiger partial charge in [0, 0.05) is 17.2 Å². The molecule has 7 nitrogen and oxygen atoms in total. The van der Waals surface area contributed by atoms with E-state index in [1.807, 2.05) is 17.5 Å². The Bertz CT molecular complexity index is 765. The van der Waals surface area contributed by atoms with E-state index >= 15 is 0 Å². The molecule has 0 atom stereocenters. The lowest BCUT2D eigenvalue weighted by Crippen LogP contribution is -2.11. The smallest absolute Gasteiger partial charge is 0.324 e. The van der Waals surface area contributed by atoms with Crippen LogP contribution >= 0.6 is 34.4 Å². The summed E-state index contributed by atoms with van der Waals surface area (Å²) in [5.74, 6) is 7.16. The van der Waals surface area contributed by atoms with Crippen LogP contribution in [0.3, 0.4) is 0 Å². The Hall–Kier alpha value is -1.91. The van der Waals surface area contributed by atoms with Gasteiger partial charge in [0.1, 0.15) is 0 Å². The van der Waals surface area contributed by atoms with Crippen LogP contribution in [0.1, 0.15) is 5.56 Å². The van der Waals surface area contributed by atoms with Gasteiger partial charge in [-0.15, -0.1) is 21.5 Å². The zero-order valence-electron chi connectivity index (χ0n) is 10.5. The van der Waals surface area contributed by atoms with Gasteiger partial charge in [-0.3, -0.25) is 10.1 Å². The van der Waals surface area contributed by atoms with Crippen LogP contribution in [0, 0.1) is 10.1 Å². The number of nitro groups is 1. The van der Waals surface area contributed by atoms with Crippen molar-refractivity contribution < 1.29 is 4.92 Å². The summed E-state index contributed by atoms with van der Waals surface area (Å²) in [5, 5.41) is 23.2. The summed E-state index contributed by atoms with van der Waals surface area (Å²) in [7, 11) is 0. The Balaban J connectivity index is 1.72. The second kappa shape index (κ2) is 5.84. The Morgan fingerprint density at radius 2 is 2.29 bits per heavy atom. The molecule has 3 aromatic heterocycles. The van der Waals surface area contributed by atoms with Gasteiger partial charge in [0.05, 0.1) is 9.80 Å². The van der Waals surface area contributed by atoms with Gasteiger partial charge < -0.3 is 5.84 Å². The Kier molecular flexibility index (Phi) is 3.90. The summed E-state index contributed by atoms with van der Waals surface area (Å²) in [5.41, 5.74) is 0.873. The lowest BCUT2D eigenvalue weighted by atomic mass is 10.4. The minimum atomic E-state index is -0.390. The van der Waals surface area contributed by atoms with Crippen LogP contribution in [-0.2, 0) is 5.75 Å². The van der Waals surface area contributed by atoms with E-state index in [9.17, 15) is 10.1 Å². The second-order valence-electron chi connectivity index (χ2n) is 3.99. The summed E-state index contributed by atoms with van der Waals surface area (Å²) in [6.07, 6.45) is 0. The van der Waals surface area contributed by atoms with Crippen molar-refractivity contribution in [2.24, 2.45) is 0 Å². The number of rotatable bonds is 5. The third-order valence-corrected chi connectivity index (χ3v) is 5.40. The molecule has 3 rings (SSSR count). The van der Waals surface area contributed by atoms with Crippen LogP contribution in [0.25, 0.3) is 10.7 Å². The molecule has 0 aliphatic carbocycles. The molecule has 0 aliphatic heterocycles. The van der Waals surface area contributed by atoms with Crippen molar-refractivity contribution in [3.63, 3.8) is 0 Å². The molecule has 0 radical (unpaired) electrons. The number of hydrogen-bond acceptors (Lipinski definition) is 8. The topological polar surface area (TPSA) is 99.9 Å². The van der Waals surface area contributed by atoms with Crippen molar-refractivity contribution in [2.45, 2.75) is 10.9 Å². The molecule has 0 aliphatic rings. The molecule has 0 spiro atoms. The highest BCUT2D eigenvalue weighted by molar-refractivity contribution is 7.98. The summed E-state index contributed by atoms with van der Waals surface area (Å²) in [6.45, 7) is 0. The van der Waals surface area contributed by atoms with Crippen molar-refractivity contribution in [1.29, 1.82) is 0 Å². The minimum absolute atomic E-state index is 0.138. The van der Waals surface area contributed by atoms with Gasteiger partial charge in [0.15, 0.2) is 5.82 Å². The van der Waals surface area contributed by atoms with Gasteiger partial charge in [-0.2, -0.15) is 0 Å². The molecule has 0 saturated carbocycles. The number of hydrogen-bond donors (Lipinski definition) is 1. The van der Waals surface area contributed by atoms with E-state index in [4.69, 9.17) is 5.84 Å². The normalized spacial score (nSPS) is 10.9. The third-order valence-electron chi connectivity index (χ3n) is 2.59. The van der Waals surface area contributed by atoms with Crippen LogP contribution in [0.4, 0.5) is 5.00 Å². The average Bonchev–Trinajstić information content (AvgIpc) is 3.17. The van der Waals surface area contributed by atoms with Gasteiger partial charge >= 0.3 is 5.00 Å². The molecule has 108 valence electrons. The van der Waals surface area contributed by atoms with Gasteiger partial charge in [-0.25, -0.2) is 4.68 Å². The largest absolute Gasteiger partial charge is 0.335 e. The van der Waals surface area contributed by atoms with E-state index in [0.717, 1.165) is 21.8 Å². The SMILES string of the molecule is Nn1c(SCc2csc([N+](=O)[O-])c2)nnc1-c1cccs1. The Morgan fingerprint density at radius 1 is 1.43 bits per heavy atom. The van der Waals surface area contributed by atoms with Crippen LogP contribution < -0.4 is 5.84 Å². The van der Waals surface area contributed by atoms with Crippen molar-refractivity contribution in [1.82, 2.24) is 14.9 Å². The van der Waals surface area contributed by atoms with Crippen molar-refractivity contribution in [2.75, 3.05) is 5.84 Å².